The van der Waals surface area contributed by atoms with Crippen molar-refractivity contribution in [3.63, 3.8) is 0 Å². The number of aliphatic hydroxyl groups is 2. The molecule has 8 aliphatic rings. The maximum Gasteiger partial charge on any atom is 0.170 e. The van der Waals surface area contributed by atoms with Gasteiger partial charge >= 0.3 is 0 Å². The van der Waals surface area contributed by atoms with Crippen LogP contribution in [0.2, 0.25) is 0 Å². The van der Waals surface area contributed by atoms with Crippen LogP contribution in [0.25, 0.3) is 0 Å². The summed E-state index contributed by atoms with van der Waals surface area (Å²) in [6.45, 7) is 26.1. The van der Waals surface area contributed by atoms with Crippen molar-refractivity contribution in [2.75, 3.05) is 52.5 Å². The summed E-state index contributed by atoms with van der Waals surface area (Å²) < 4.78 is 26.4. The number of morpholine rings is 1. The summed E-state index contributed by atoms with van der Waals surface area (Å²) >= 11 is 0. The van der Waals surface area contributed by atoms with Crippen LogP contribution in [0.3, 0.4) is 0 Å². The van der Waals surface area contributed by atoms with Gasteiger partial charge in [-0.25, -0.2) is 0 Å². The molecule has 0 aromatic rings. The molecule has 0 bridgehead atoms. The Hall–Kier alpha value is -0.320. The molecule has 8 heteroatoms. The molecule has 0 aromatic heterocycles. The van der Waals surface area contributed by atoms with Gasteiger partial charge < -0.3 is 34.1 Å². The fraction of sp³-hybridized carbons (Fsp3) is 1.00. The molecule has 8 rings (SSSR count). The molecule has 280 valence electrons. The first-order chi connectivity index (χ1) is 23.1. The minimum absolute atomic E-state index is 0.0273. The van der Waals surface area contributed by atoms with Gasteiger partial charge in [-0.1, -0.05) is 34.6 Å². The predicted molar refractivity (Wildman–Crippen MR) is 190 cm³/mol. The maximum atomic E-state index is 12.6. The standard InChI is InChI=1S/C41H70N2O6/c1-9-46-35(37(5,6)45)27-23-26(2)32-33(48-27)34(44)39(8)29-12-11-28-36(3,4)30(13-14-40(28)25-41(29,40)16-15-38(32,39)7)49-31-24-43(21-22-47-31)20-19-42-17-10-18-42/h26-35,44-45H,9-25H2,1-8H3/t26-,27-,28+,29+,30+,31+,32+,33+,34+,35+,38-,39-,40-,41+/m1/s1. The molecule has 3 aliphatic heterocycles. The lowest BCUT2D eigenvalue weighted by atomic mass is 9.41. The van der Waals surface area contributed by atoms with E-state index in [0.717, 1.165) is 39.1 Å². The highest BCUT2D eigenvalue weighted by Crippen LogP contribution is 2.89. The molecule has 0 amide bonds. The third kappa shape index (κ3) is 5.10. The zero-order valence-corrected chi connectivity index (χ0v) is 32.2. The van der Waals surface area contributed by atoms with Crippen LogP contribution in [0.5, 0.6) is 0 Å². The van der Waals surface area contributed by atoms with E-state index in [9.17, 15) is 10.2 Å². The highest BCUT2D eigenvalue weighted by atomic mass is 16.7. The van der Waals surface area contributed by atoms with Crippen LogP contribution in [-0.4, -0.2) is 115 Å². The van der Waals surface area contributed by atoms with Crippen LogP contribution in [0.4, 0.5) is 0 Å². The van der Waals surface area contributed by atoms with Gasteiger partial charge in [-0.05, 0) is 137 Å². The summed E-state index contributed by atoms with van der Waals surface area (Å²) in [4.78, 5) is 5.12. The molecule has 3 heterocycles. The van der Waals surface area contributed by atoms with E-state index in [-0.39, 0.29) is 40.8 Å². The molecule has 2 spiro atoms. The second kappa shape index (κ2) is 12.1. The molecule has 8 nitrogen and oxygen atoms in total. The van der Waals surface area contributed by atoms with E-state index in [0.29, 0.717) is 41.1 Å². The lowest BCUT2D eigenvalue weighted by Crippen LogP contribution is -2.60. The molecular formula is C41H70N2O6. The molecule has 0 unspecified atom stereocenters. The van der Waals surface area contributed by atoms with Gasteiger partial charge in [0.1, 0.15) is 6.10 Å². The average molecular weight is 687 g/mol. The normalized spacial score (nSPS) is 51.4. The first-order valence-corrected chi connectivity index (χ1v) is 20.5. The van der Waals surface area contributed by atoms with Gasteiger partial charge in [-0.2, -0.15) is 0 Å². The van der Waals surface area contributed by atoms with Crippen molar-refractivity contribution in [3.05, 3.63) is 0 Å². The van der Waals surface area contributed by atoms with Crippen molar-refractivity contribution in [1.29, 1.82) is 0 Å². The number of ether oxygens (including phenoxy) is 4. The van der Waals surface area contributed by atoms with Crippen molar-refractivity contribution in [2.24, 2.45) is 50.7 Å². The highest BCUT2D eigenvalue weighted by molar-refractivity contribution is 5.33. The number of hydrogen-bond donors (Lipinski definition) is 2. The van der Waals surface area contributed by atoms with Crippen molar-refractivity contribution in [1.82, 2.24) is 9.80 Å². The number of aliphatic hydroxyl groups excluding tert-OH is 1. The summed E-state index contributed by atoms with van der Waals surface area (Å²) in [6.07, 6.45) is 9.56. The Kier molecular flexibility index (Phi) is 8.81. The van der Waals surface area contributed by atoms with E-state index in [1.165, 1.54) is 64.6 Å². The van der Waals surface area contributed by atoms with E-state index >= 15 is 0 Å². The first-order valence-electron chi connectivity index (χ1n) is 20.5. The molecule has 49 heavy (non-hydrogen) atoms. The topological polar surface area (TPSA) is 83.9 Å². The molecule has 5 saturated carbocycles. The monoisotopic (exact) mass is 687 g/mol. The Morgan fingerprint density at radius 1 is 0.939 bits per heavy atom. The zero-order chi connectivity index (χ0) is 34.8. The van der Waals surface area contributed by atoms with Crippen molar-refractivity contribution in [3.8, 4) is 0 Å². The summed E-state index contributed by atoms with van der Waals surface area (Å²) in [7, 11) is 0. The van der Waals surface area contributed by atoms with Gasteiger partial charge in [0.2, 0.25) is 0 Å². The predicted octanol–water partition coefficient (Wildman–Crippen LogP) is 5.73. The molecule has 0 aromatic carbocycles. The van der Waals surface area contributed by atoms with E-state index in [1.54, 1.807) is 0 Å². The van der Waals surface area contributed by atoms with E-state index in [4.69, 9.17) is 18.9 Å². The van der Waals surface area contributed by atoms with Gasteiger partial charge in [0, 0.05) is 38.2 Å². The van der Waals surface area contributed by atoms with Crippen LogP contribution in [-0.2, 0) is 18.9 Å². The largest absolute Gasteiger partial charge is 0.390 e. The first kappa shape index (κ1) is 35.7. The smallest absolute Gasteiger partial charge is 0.170 e. The minimum atomic E-state index is -1.01. The van der Waals surface area contributed by atoms with E-state index in [2.05, 4.69) is 44.4 Å². The van der Waals surface area contributed by atoms with E-state index < -0.39 is 17.8 Å². The van der Waals surface area contributed by atoms with Crippen LogP contribution in [0.15, 0.2) is 0 Å². The molecule has 14 atom stereocenters. The lowest BCUT2D eigenvalue weighted by molar-refractivity contribution is -0.249. The molecule has 0 radical (unpaired) electrons. The van der Waals surface area contributed by atoms with Gasteiger partial charge in [0.25, 0.3) is 0 Å². The van der Waals surface area contributed by atoms with Gasteiger partial charge in [0.15, 0.2) is 6.29 Å². The third-order valence-corrected chi connectivity index (χ3v) is 17.3. The molecule has 8 fully saturated rings. The quantitative estimate of drug-likeness (QED) is 0.319. The Morgan fingerprint density at radius 2 is 1.65 bits per heavy atom. The van der Waals surface area contributed by atoms with Crippen LogP contribution in [0.1, 0.15) is 113 Å². The SMILES string of the molecule is CCO[C@@H]([C@H]1C[C@@H](C)[C@H]2[C@H](O1)[C@H](O)[C@@]1(C)[C@@H]3CC[C@H]4C(C)(C)[C@@H](O[C@H]5CN(CCN6CCC6)CCO5)CC[C@@]45C[C@@]35CC[C@]21C)C(C)(C)O. The van der Waals surface area contributed by atoms with E-state index in [1.807, 2.05) is 20.8 Å². The van der Waals surface area contributed by atoms with Crippen molar-refractivity contribution in [2.45, 2.75) is 156 Å². The number of fused-ring (bicyclic) bond motifs is 4. The minimum Gasteiger partial charge on any atom is -0.390 e. The second-order valence-corrected chi connectivity index (χ2v) is 20.0. The summed E-state index contributed by atoms with van der Waals surface area (Å²) in [5.41, 5.74) is -0.397. The Labute approximate surface area is 297 Å². The highest BCUT2D eigenvalue weighted by Gasteiger charge is 2.84. The zero-order valence-electron chi connectivity index (χ0n) is 32.2. The summed E-state index contributed by atoms with van der Waals surface area (Å²) in [5.74, 6) is 1.87. The Balaban J connectivity index is 0.992. The van der Waals surface area contributed by atoms with Gasteiger partial charge in [-0.3, -0.25) is 4.90 Å². The fourth-order valence-corrected chi connectivity index (χ4v) is 14.7. The molecular weight excluding hydrogens is 616 g/mol. The lowest BCUT2D eigenvalue weighted by Gasteiger charge is -2.64. The van der Waals surface area contributed by atoms with Crippen LogP contribution >= 0.6 is 0 Å². The second-order valence-electron chi connectivity index (χ2n) is 20.0. The van der Waals surface area contributed by atoms with Gasteiger partial charge in [0.05, 0.1) is 36.6 Å². The van der Waals surface area contributed by atoms with Crippen molar-refractivity contribution >= 4 is 0 Å². The number of rotatable bonds is 9. The van der Waals surface area contributed by atoms with Gasteiger partial charge in [-0.15, -0.1) is 0 Å². The number of nitrogens with zero attached hydrogens (tertiary/aromatic N) is 2. The average Bonchev–Trinajstić information content (AvgIpc) is 3.65. The van der Waals surface area contributed by atoms with Crippen LogP contribution in [0, 0.1) is 50.7 Å². The third-order valence-electron chi connectivity index (χ3n) is 17.3. The Morgan fingerprint density at radius 3 is 2.35 bits per heavy atom. The molecule has 3 saturated heterocycles. The fourth-order valence-electron chi connectivity index (χ4n) is 14.7. The maximum absolute atomic E-state index is 12.6. The summed E-state index contributed by atoms with van der Waals surface area (Å²) in [6, 6.07) is 0. The number of hydrogen-bond acceptors (Lipinski definition) is 8. The van der Waals surface area contributed by atoms with Crippen molar-refractivity contribution < 1.29 is 29.2 Å². The molecule has 2 N–H and O–H groups in total. The number of likely N-dealkylation sites (tertiary alicyclic amines) is 1. The molecule has 5 aliphatic carbocycles. The summed E-state index contributed by atoms with van der Waals surface area (Å²) in [5, 5.41) is 23.7. The Bertz CT molecular complexity index is 1240. The van der Waals surface area contributed by atoms with Crippen LogP contribution < -0.4 is 0 Å².